The number of nitrogen functional groups attached to an aromatic ring is 1. The molecule has 0 spiro atoms. The van der Waals surface area contributed by atoms with Crippen LogP contribution in [-0.2, 0) is 0 Å². The Morgan fingerprint density at radius 3 is 2.36 bits per heavy atom. The molecule has 22 heavy (non-hydrogen) atoms. The van der Waals surface area contributed by atoms with Gasteiger partial charge in [0.05, 0.1) is 5.69 Å². The molecular formula is C18H26N4. The standard InChI is InChI=1S/C18H26N4/c1-14-13-17(19)18(20-15(14)2)22(12-8-11-21(3)4)16-9-6-5-7-10-16/h5-7,9-10,13H,8,11-12,19H2,1-4H3. The van der Waals surface area contributed by atoms with Crippen LogP contribution in [0.2, 0.25) is 0 Å². The summed E-state index contributed by atoms with van der Waals surface area (Å²) in [5, 5.41) is 0. The van der Waals surface area contributed by atoms with Crippen molar-refractivity contribution in [1.82, 2.24) is 9.88 Å². The maximum Gasteiger partial charge on any atom is 0.156 e. The van der Waals surface area contributed by atoms with Gasteiger partial charge in [0, 0.05) is 17.9 Å². The van der Waals surface area contributed by atoms with E-state index in [9.17, 15) is 0 Å². The Morgan fingerprint density at radius 2 is 1.73 bits per heavy atom. The number of hydrogen-bond acceptors (Lipinski definition) is 4. The van der Waals surface area contributed by atoms with E-state index < -0.39 is 0 Å². The second-order valence-electron chi connectivity index (χ2n) is 5.95. The number of anilines is 3. The first-order valence-corrected chi connectivity index (χ1v) is 7.70. The zero-order valence-electron chi connectivity index (χ0n) is 14.0. The summed E-state index contributed by atoms with van der Waals surface area (Å²) in [5.74, 6) is 0.855. The summed E-state index contributed by atoms with van der Waals surface area (Å²) < 4.78 is 0. The van der Waals surface area contributed by atoms with E-state index in [2.05, 4.69) is 36.0 Å². The van der Waals surface area contributed by atoms with E-state index in [1.165, 1.54) is 0 Å². The molecule has 0 saturated heterocycles. The topological polar surface area (TPSA) is 45.4 Å². The van der Waals surface area contributed by atoms with Gasteiger partial charge >= 0.3 is 0 Å². The van der Waals surface area contributed by atoms with Crippen molar-refractivity contribution in [1.29, 1.82) is 0 Å². The number of pyridine rings is 1. The predicted octanol–water partition coefficient (Wildman–Crippen LogP) is 3.37. The van der Waals surface area contributed by atoms with Crippen LogP contribution in [0.15, 0.2) is 36.4 Å². The van der Waals surface area contributed by atoms with Crippen LogP contribution in [0.3, 0.4) is 0 Å². The van der Waals surface area contributed by atoms with Crippen molar-refractivity contribution in [3.63, 3.8) is 0 Å². The van der Waals surface area contributed by atoms with Gasteiger partial charge in [-0.3, -0.25) is 0 Å². The van der Waals surface area contributed by atoms with E-state index in [4.69, 9.17) is 10.7 Å². The number of hydrogen-bond donors (Lipinski definition) is 1. The molecule has 0 radical (unpaired) electrons. The van der Waals surface area contributed by atoms with Gasteiger partial charge in [0.2, 0.25) is 0 Å². The predicted molar refractivity (Wildman–Crippen MR) is 94.7 cm³/mol. The first-order valence-electron chi connectivity index (χ1n) is 7.70. The van der Waals surface area contributed by atoms with Crippen molar-refractivity contribution in [3.8, 4) is 0 Å². The largest absolute Gasteiger partial charge is 0.396 e. The first kappa shape index (κ1) is 16.3. The molecule has 0 unspecified atom stereocenters. The number of benzene rings is 1. The Kier molecular flexibility index (Phi) is 5.39. The van der Waals surface area contributed by atoms with Crippen molar-refractivity contribution in [2.24, 2.45) is 0 Å². The number of rotatable bonds is 6. The normalized spacial score (nSPS) is 11.0. The van der Waals surface area contributed by atoms with Crippen LogP contribution in [0.5, 0.6) is 0 Å². The Morgan fingerprint density at radius 1 is 1.05 bits per heavy atom. The third-order valence-corrected chi connectivity index (χ3v) is 3.79. The SMILES string of the molecule is Cc1cc(N)c(N(CCCN(C)C)c2ccccc2)nc1C. The molecule has 118 valence electrons. The lowest BCUT2D eigenvalue weighted by atomic mass is 10.2. The lowest BCUT2D eigenvalue weighted by molar-refractivity contribution is 0.402. The number of para-hydroxylation sites is 1. The van der Waals surface area contributed by atoms with Gasteiger partial charge in [-0.05, 0) is 64.7 Å². The van der Waals surface area contributed by atoms with Crippen LogP contribution in [-0.4, -0.2) is 37.1 Å². The third kappa shape index (κ3) is 3.98. The quantitative estimate of drug-likeness (QED) is 0.888. The maximum atomic E-state index is 6.25. The van der Waals surface area contributed by atoms with Gasteiger partial charge in [-0.1, -0.05) is 18.2 Å². The molecular weight excluding hydrogens is 272 g/mol. The molecule has 2 N–H and O–H groups in total. The van der Waals surface area contributed by atoms with Gasteiger partial charge in [0.25, 0.3) is 0 Å². The van der Waals surface area contributed by atoms with E-state index >= 15 is 0 Å². The number of nitrogens with zero attached hydrogens (tertiary/aromatic N) is 3. The molecule has 0 fully saturated rings. The average molecular weight is 298 g/mol. The third-order valence-electron chi connectivity index (χ3n) is 3.79. The van der Waals surface area contributed by atoms with Gasteiger partial charge in [0.1, 0.15) is 0 Å². The molecule has 1 aromatic heterocycles. The van der Waals surface area contributed by atoms with Crippen molar-refractivity contribution in [3.05, 3.63) is 47.7 Å². The summed E-state index contributed by atoms with van der Waals surface area (Å²) in [5.41, 5.74) is 10.3. The molecule has 0 amide bonds. The number of nitrogens with two attached hydrogens (primary N) is 1. The highest BCUT2D eigenvalue weighted by atomic mass is 15.2. The van der Waals surface area contributed by atoms with Crippen molar-refractivity contribution < 1.29 is 0 Å². The fourth-order valence-electron chi connectivity index (χ4n) is 2.44. The van der Waals surface area contributed by atoms with Crippen LogP contribution in [0.4, 0.5) is 17.2 Å². The van der Waals surface area contributed by atoms with E-state index in [-0.39, 0.29) is 0 Å². The summed E-state index contributed by atoms with van der Waals surface area (Å²) in [7, 11) is 4.19. The molecule has 0 saturated carbocycles. The zero-order chi connectivity index (χ0) is 16.1. The number of aryl methyl sites for hydroxylation is 2. The lowest BCUT2D eigenvalue weighted by Crippen LogP contribution is -2.25. The van der Waals surface area contributed by atoms with Crippen LogP contribution < -0.4 is 10.6 Å². The first-order chi connectivity index (χ1) is 10.5. The van der Waals surface area contributed by atoms with Crippen molar-refractivity contribution >= 4 is 17.2 Å². The van der Waals surface area contributed by atoms with Gasteiger partial charge < -0.3 is 15.5 Å². The average Bonchev–Trinajstić information content (AvgIpc) is 2.48. The Bertz CT molecular complexity index is 608. The molecule has 1 heterocycles. The van der Waals surface area contributed by atoms with Crippen molar-refractivity contribution in [2.75, 3.05) is 37.8 Å². The van der Waals surface area contributed by atoms with Crippen LogP contribution in [0, 0.1) is 13.8 Å². The molecule has 0 aliphatic carbocycles. The van der Waals surface area contributed by atoms with Crippen molar-refractivity contribution in [2.45, 2.75) is 20.3 Å². The summed E-state index contributed by atoms with van der Waals surface area (Å²) in [4.78, 5) is 9.14. The Hall–Kier alpha value is -2.07. The van der Waals surface area contributed by atoms with E-state index in [0.717, 1.165) is 48.0 Å². The highest BCUT2D eigenvalue weighted by molar-refractivity contribution is 5.72. The van der Waals surface area contributed by atoms with Crippen LogP contribution in [0.1, 0.15) is 17.7 Å². The molecule has 0 bridgehead atoms. The molecule has 4 heteroatoms. The Balaban J connectivity index is 2.34. The lowest BCUT2D eigenvalue weighted by Gasteiger charge is -2.26. The van der Waals surface area contributed by atoms with Crippen LogP contribution >= 0.6 is 0 Å². The molecule has 0 aliphatic heterocycles. The molecule has 1 aromatic carbocycles. The minimum Gasteiger partial charge on any atom is -0.396 e. The summed E-state index contributed by atoms with van der Waals surface area (Å²) in [6, 6.07) is 12.3. The monoisotopic (exact) mass is 298 g/mol. The minimum absolute atomic E-state index is 0.733. The minimum atomic E-state index is 0.733. The van der Waals surface area contributed by atoms with Gasteiger partial charge in [0.15, 0.2) is 5.82 Å². The summed E-state index contributed by atoms with van der Waals surface area (Å²) in [6.45, 7) is 6.00. The van der Waals surface area contributed by atoms with E-state index in [1.54, 1.807) is 0 Å². The fraction of sp³-hybridized carbons (Fsp3) is 0.389. The Labute approximate surface area is 133 Å². The van der Waals surface area contributed by atoms with E-state index in [0.29, 0.717) is 0 Å². The van der Waals surface area contributed by atoms with Gasteiger partial charge in [-0.25, -0.2) is 4.98 Å². The fourth-order valence-corrected chi connectivity index (χ4v) is 2.44. The maximum absolute atomic E-state index is 6.25. The van der Waals surface area contributed by atoms with Gasteiger partial charge in [-0.2, -0.15) is 0 Å². The zero-order valence-corrected chi connectivity index (χ0v) is 14.0. The van der Waals surface area contributed by atoms with Crippen LogP contribution in [0.25, 0.3) is 0 Å². The molecule has 4 nitrogen and oxygen atoms in total. The highest BCUT2D eigenvalue weighted by Gasteiger charge is 2.15. The molecule has 0 aliphatic rings. The summed E-state index contributed by atoms with van der Waals surface area (Å²) >= 11 is 0. The second kappa shape index (κ2) is 7.27. The highest BCUT2D eigenvalue weighted by Crippen LogP contribution is 2.30. The van der Waals surface area contributed by atoms with Gasteiger partial charge in [-0.15, -0.1) is 0 Å². The molecule has 2 aromatic rings. The second-order valence-corrected chi connectivity index (χ2v) is 5.95. The molecule has 0 atom stereocenters. The number of aromatic nitrogens is 1. The summed E-state index contributed by atoms with van der Waals surface area (Å²) in [6.07, 6.45) is 1.05. The smallest absolute Gasteiger partial charge is 0.156 e. The van der Waals surface area contributed by atoms with E-state index in [1.807, 2.05) is 38.1 Å². The molecule has 2 rings (SSSR count).